The first-order valence-corrected chi connectivity index (χ1v) is 5.51. The molecule has 0 aromatic carbocycles. The van der Waals surface area contributed by atoms with E-state index < -0.39 is 0 Å². The van der Waals surface area contributed by atoms with Crippen molar-refractivity contribution in [1.82, 2.24) is 5.32 Å². The Morgan fingerprint density at radius 2 is 2.07 bits per heavy atom. The number of nitrogens with one attached hydrogen (secondary N) is 1. The molecule has 1 fully saturated rings. The van der Waals surface area contributed by atoms with Crippen LogP contribution in [0, 0.1) is 5.92 Å². The van der Waals surface area contributed by atoms with Crippen molar-refractivity contribution in [2.24, 2.45) is 5.92 Å². The Bertz CT molecular complexity index is 218. The summed E-state index contributed by atoms with van der Waals surface area (Å²) in [6, 6.07) is -0.198. The molecule has 3 unspecified atom stereocenters. The first-order chi connectivity index (χ1) is 7.04. The minimum atomic E-state index is -0.198. The molecule has 4 nitrogen and oxygen atoms in total. The molecule has 88 valence electrons. The van der Waals surface area contributed by atoms with Gasteiger partial charge < -0.3 is 14.8 Å². The van der Waals surface area contributed by atoms with Crippen molar-refractivity contribution in [1.29, 1.82) is 0 Å². The molecule has 1 aliphatic rings. The topological polar surface area (TPSA) is 47.6 Å². The molecule has 1 N–H and O–H groups in total. The van der Waals surface area contributed by atoms with E-state index in [1.807, 2.05) is 20.8 Å². The van der Waals surface area contributed by atoms with Crippen molar-refractivity contribution in [2.45, 2.75) is 45.4 Å². The zero-order valence-corrected chi connectivity index (χ0v) is 9.95. The lowest BCUT2D eigenvalue weighted by Gasteiger charge is -2.19. The lowest BCUT2D eigenvalue weighted by molar-refractivity contribution is -0.152. The smallest absolute Gasteiger partial charge is 0.323 e. The maximum Gasteiger partial charge on any atom is 0.323 e. The molecule has 1 rings (SSSR count). The molecule has 1 aliphatic heterocycles. The van der Waals surface area contributed by atoms with Crippen LogP contribution in [0.25, 0.3) is 0 Å². The van der Waals surface area contributed by atoms with E-state index in [1.165, 1.54) is 0 Å². The molecule has 0 aromatic rings. The molecule has 0 bridgehead atoms. The van der Waals surface area contributed by atoms with Gasteiger partial charge in [-0.15, -0.1) is 0 Å². The Hall–Kier alpha value is -0.610. The van der Waals surface area contributed by atoms with Gasteiger partial charge in [-0.3, -0.25) is 4.79 Å². The second-order valence-corrected chi connectivity index (χ2v) is 4.44. The summed E-state index contributed by atoms with van der Waals surface area (Å²) in [6.45, 7) is 6.73. The fourth-order valence-electron chi connectivity index (χ4n) is 1.46. The van der Waals surface area contributed by atoms with Crippen LogP contribution < -0.4 is 5.32 Å². The second kappa shape index (κ2) is 5.47. The van der Waals surface area contributed by atoms with E-state index in [4.69, 9.17) is 9.47 Å². The highest BCUT2D eigenvalue weighted by molar-refractivity contribution is 5.76. The highest BCUT2D eigenvalue weighted by atomic mass is 16.5. The normalized spacial score (nSPS) is 28.1. The van der Waals surface area contributed by atoms with Gasteiger partial charge in [-0.05, 0) is 12.8 Å². The van der Waals surface area contributed by atoms with E-state index in [0.717, 1.165) is 6.54 Å². The van der Waals surface area contributed by atoms with Crippen molar-refractivity contribution in [3.8, 4) is 0 Å². The monoisotopic (exact) mass is 215 g/mol. The highest BCUT2D eigenvalue weighted by Crippen LogP contribution is 2.13. The van der Waals surface area contributed by atoms with Crippen molar-refractivity contribution in [3.05, 3.63) is 0 Å². The van der Waals surface area contributed by atoms with Gasteiger partial charge in [0.25, 0.3) is 0 Å². The van der Waals surface area contributed by atoms with Gasteiger partial charge in [0, 0.05) is 20.1 Å². The van der Waals surface area contributed by atoms with Gasteiger partial charge in [0.05, 0.1) is 6.10 Å². The number of hydrogen-bond acceptors (Lipinski definition) is 4. The van der Waals surface area contributed by atoms with E-state index >= 15 is 0 Å². The second-order valence-electron chi connectivity index (χ2n) is 4.44. The molecule has 0 aromatic heterocycles. The number of esters is 1. The fourth-order valence-corrected chi connectivity index (χ4v) is 1.46. The maximum atomic E-state index is 11.7. The van der Waals surface area contributed by atoms with E-state index in [0.29, 0.717) is 12.3 Å². The third-order valence-electron chi connectivity index (χ3n) is 2.95. The summed E-state index contributed by atoms with van der Waals surface area (Å²) in [7, 11) is 1.66. The maximum absolute atomic E-state index is 11.7. The van der Waals surface area contributed by atoms with E-state index in [9.17, 15) is 4.79 Å². The summed E-state index contributed by atoms with van der Waals surface area (Å²) in [5.74, 6) is 0.198. The van der Waals surface area contributed by atoms with Gasteiger partial charge in [0.2, 0.25) is 0 Å². The summed E-state index contributed by atoms with van der Waals surface area (Å²) < 4.78 is 10.5. The Morgan fingerprint density at radius 1 is 1.40 bits per heavy atom. The summed E-state index contributed by atoms with van der Waals surface area (Å²) in [5, 5.41) is 3.10. The van der Waals surface area contributed by atoms with Crippen LogP contribution in [0.1, 0.15) is 27.2 Å². The van der Waals surface area contributed by atoms with E-state index in [2.05, 4.69) is 5.32 Å². The third-order valence-corrected chi connectivity index (χ3v) is 2.95. The highest BCUT2D eigenvalue weighted by Gasteiger charge is 2.31. The Labute approximate surface area is 91.3 Å². The fraction of sp³-hybridized carbons (Fsp3) is 0.909. The largest absolute Gasteiger partial charge is 0.461 e. The first kappa shape index (κ1) is 12.5. The number of ether oxygens (including phenoxy) is 2. The van der Waals surface area contributed by atoms with Crippen LogP contribution in [0.15, 0.2) is 0 Å². The number of methoxy groups -OCH3 is 1. The molecule has 15 heavy (non-hydrogen) atoms. The zero-order valence-electron chi connectivity index (χ0n) is 9.95. The van der Waals surface area contributed by atoms with Gasteiger partial charge in [-0.1, -0.05) is 13.8 Å². The van der Waals surface area contributed by atoms with Crippen molar-refractivity contribution >= 4 is 5.97 Å². The standard InChI is InChI=1S/C11H21NO3/c1-7(2)8(3)15-11(13)10-5-9(14-4)6-12-10/h7-10,12H,5-6H2,1-4H3. The molecule has 1 heterocycles. The van der Waals surface area contributed by atoms with Gasteiger partial charge in [-0.2, -0.15) is 0 Å². The first-order valence-electron chi connectivity index (χ1n) is 5.51. The Balaban J connectivity index is 2.35. The van der Waals surface area contributed by atoms with Crippen molar-refractivity contribution in [3.63, 3.8) is 0 Å². The average molecular weight is 215 g/mol. The SMILES string of the molecule is COC1CNC(C(=O)OC(C)C(C)C)C1. The minimum Gasteiger partial charge on any atom is -0.461 e. The van der Waals surface area contributed by atoms with Crippen LogP contribution in [0.2, 0.25) is 0 Å². The molecule has 3 atom stereocenters. The summed E-state index contributed by atoms with van der Waals surface area (Å²) in [4.78, 5) is 11.7. The predicted molar refractivity (Wildman–Crippen MR) is 57.6 cm³/mol. The van der Waals surface area contributed by atoms with Crippen LogP contribution in [-0.4, -0.2) is 37.9 Å². The minimum absolute atomic E-state index is 0.0269. The number of carbonyl (C=O) groups excluding carboxylic acids is 1. The zero-order chi connectivity index (χ0) is 11.4. The predicted octanol–water partition coefficient (Wildman–Crippen LogP) is 0.951. The molecule has 1 saturated heterocycles. The van der Waals surface area contributed by atoms with Crippen LogP contribution in [-0.2, 0) is 14.3 Å². The quantitative estimate of drug-likeness (QED) is 0.709. The average Bonchev–Trinajstić information content (AvgIpc) is 2.65. The Kier molecular flexibility index (Phi) is 4.54. The summed E-state index contributed by atoms with van der Waals surface area (Å²) in [6.07, 6.45) is 0.818. The molecule has 0 radical (unpaired) electrons. The molecular formula is C11H21NO3. The van der Waals surface area contributed by atoms with Crippen molar-refractivity contribution in [2.75, 3.05) is 13.7 Å². The van der Waals surface area contributed by atoms with Crippen LogP contribution in [0.3, 0.4) is 0 Å². The van der Waals surface area contributed by atoms with Crippen molar-refractivity contribution < 1.29 is 14.3 Å². The van der Waals surface area contributed by atoms with E-state index in [-0.39, 0.29) is 24.2 Å². The molecule has 4 heteroatoms. The number of rotatable bonds is 4. The molecule has 0 saturated carbocycles. The van der Waals surface area contributed by atoms with Crippen LogP contribution in [0.5, 0.6) is 0 Å². The van der Waals surface area contributed by atoms with Crippen LogP contribution in [0.4, 0.5) is 0 Å². The number of hydrogen-bond donors (Lipinski definition) is 1. The Morgan fingerprint density at radius 3 is 2.53 bits per heavy atom. The van der Waals surface area contributed by atoms with Gasteiger partial charge >= 0.3 is 5.97 Å². The lowest BCUT2D eigenvalue weighted by atomic mass is 10.1. The molecule has 0 aliphatic carbocycles. The van der Waals surface area contributed by atoms with Gasteiger partial charge in [-0.25, -0.2) is 0 Å². The third kappa shape index (κ3) is 3.47. The lowest BCUT2D eigenvalue weighted by Crippen LogP contribution is -2.35. The van der Waals surface area contributed by atoms with Gasteiger partial charge in [0.15, 0.2) is 0 Å². The molecule has 0 amide bonds. The number of carbonyl (C=O) groups is 1. The summed E-state index contributed by atoms with van der Waals surface area (Å²) >= 11 is 0. The van der Waals surface area contributed by atoms with Gasteiger partial charge in [0.1, 0.15) is 12.1 Å². The summed E-state index contributed by atoms with van der Waals surface area (Å²) in [5.41, 5.74) is 0. The molecular weight excluding hydrogens is 194 g/mol. The van der Waals surface area contributed by atoms with Crippen LogP contribution >= 0.6 is 0 Å². The van der Waals surface area contributed by atoms with E-state index in [1.54, 1.807) is 7.11 Å². The molecule has 0 spiro atoms.